The molecule has 0 fully saturated rings. The summed E-state index contributed by atoms with van der Waals surface area (Å²) in [5.74, 6) is 0.336. The molecular weight excluding hydrogens is 308 g/mol. The monoisotopic (exact) mass is 326 g/mol. The summed E-state index contributed by atoms with van der Waals surface area (Å²) >= 11 is 3.51. The number of amides is 1. The molecule has 19 heavy (non-hydrogen) atoms. The second kappa shape index (κ2) is 5.12. The lowest BCUT2D eigenvalue weighted by Crippen LogP contribution is -2.36. The first-order valence-electron chi connectivity index (χ1n) is 6.39. The average Bonchev–Trinajstić information content (AvgIpc) is 2.55. The number of alkyl carbamates (subject to hydrolysis) is 1. The van der Waals surface area contributed by atoms with Crippen LogP contribution in [0.2, 0.25) is 0 Å². The Morgan fingerprint density at radius 1 is 1.47 bits per heavy atom. The Balaban J connectivity index is 2.15. The molecule has 1 amide bonds. The van der Waals surface area contributed by atoms with E-state index in [9.17, 15) is 4.79 Å². The van der Waals surface area contributed by atoms with E-state index in [1.54, 1.807) is 6.20 Å². The second-order valence-electron chi connectivity index (χ2n) is 5.99. The summed E-state index contributed by atoms with van der Waals surface area (Å²) in [7, 11) is 0. The lowest BCUT2D eigenvalue weighted by atomic mass is 10.0. The van der Waals surface area contributed by atoms with Gasteiger partial charge in [0.1, 0.15) is 5.60 Å². The van der Waals surface area contributed by atoms with Crippen LogP contribution in [0.4, 0.5) is 4.79 Å². The van der Waals surface area contributed by atoms with Gasteiger partial charge < -0.3 is 10.1 Å². The van der Waals surface area contributed by atoms with Crippen molar-refractivity contribution in [2.75, 3.05) is 0 Å². The highest BCUT2D eigenvalue weighted by Crippen LogP contribution is 2.38. The largest absolute Gasteiger partial charge is 0.444 e. The van der Waals surface area contributed by atoms with Gasteiger partial charge in [-0.1, -0.05) is 6.92 Å². The molecule has 0 bridgehead atoms. The standard InChI is InChI=1S/C14H19BrN2O2/c1-8-5-9-10(6-16-7-11(9)15)12(8)17-13(18)19-14(2,3)4/h6-8,12H,5H2,1-4H3,(H,17,18). The molecule has 1 N–H and O–H groups in total. The molecule has 0 aliphatic heterocycles. The summed E-state index contributed by atoms with van der Waals surface area (Å²) in [6.07, 6.45) is 4.17. The molecular formula is C14H19BrN2O2. The van der Waals surface area contributed by atoms with Crippen molar-refractivity contribution >= 4 is 22.0 Å². The normalized spacial score (nSPS) is 21.9. The zero-order valence-corrected chi connectivity index (χ0v) is 13.2. The van der Waals surface area contributed by atoms with Crippen LogP contribution < -0.4 is 5.32 Å². The van der Waals surface area contributed by atoms with Crippen molar-refractivity contribution < 1.29 is 9.53 Å². The molecule has 2 unspecified atom stereocenters. The SMILES string of the molecule is CC1Cc2c(Br)cncc2C1NC(=O)OC(C)(C)C. The maximum Gasteiger partial charge on any atom is 0.408 e. The first kappa shape index (κ1) is 14.3. The Morgan fingerprint density at radius 2 is 2.16 bits per heavy atom. The summed E-state index contributed by atoms with van der Waals surface area (Å²) in [5, 5.41) is 2.95. The number of nitrogens with zero attached hydrogens (tertiary/aromatic N) is 1. The maximum atomic E-state index is 11.9. The summed E-state index contributed by atoms with van der Waals surface area (Å²) in [6, 6.07) is -0.0325. The first-order valence-corrected chi connectivity index (χ1v) is 7.19. The van der Waals surface area contributed by atoms with Crippen molar-refractivity contribution in [3.05, 3.63) is 28.0 Å². The van der Waals surface area contributed by atoms with Crippen molar-refractivity contribution in [1.29, 1.82) is 0 Å². The fourth-order valence-electron chi connectivity index (χ4n) is 2.36. The van der Waals surface area contributed by atoms with Crippen molar-refractivity contribution in [3.8, 4) is 0 Å². The minimum absolute atomic E-state index is 0.0325. The lowest BCUT2D eigenvalue weighted by molar-refractivity contribution is 0.0491. The quantitative estimate of drug-likeness (QED) is 0.857. The maximum absolute atomic E-state index is 11.9. The number of halogens is 1. The minimum Gasteiger partial charge on any atom is -0.444 e. The highest BCUT2D eigenvalue weighted by atomic mass is 79.9. The molecule has 0 saturated heterocycles. The number of hydrogen-bond donors (Lipinski definition) is 1. The highest BCUT2D eigenvalue weighted by molar-refractivity contribution is 9.10. The molecule has 0 aromatic carbocycles. The van der Waals surface area contributed by atoms with Crippen molar-refractivity contribution in [2.24, 2.45) is 5.92 Å². The molecule has 0 spiro atoms. The van der Waals surface area contributed by atoms with Crippen molar-refractivity contribution in [1.82, 2.24) is 10.3 Å². The summed E-state index contributed by atoms with van der Waals surface area (Å²) in [6.45, 7) is 7.69. The van der Waals surface area contributed by atoms with Gasteiger partial charge in [0.25, 0.3) is 0 Å². The third kappa shape index (κ3) is 3.26. The van der Waals surface area contributed by atoms with Crippen LogP contribution in [0.25, 0.3) is 0 Å². The Kier molecular flexibility index (Phi) is 3.85. The Morgan fingerprint density at radius 3 is 2.79 bits per heavy atom. The average molecular weight is 327 g/mol. The van der Waals surface area contributed by atoms with Crippen LogP contribution in [-0.2, 0) is 11.2 Å². The number of aromatic nitrogens is 1. The number of rotatable bonds is 1. The van der Waals surface area contributed by atoms with Gasteiger partial charge in [0.2, 0.25) is 0 Å². The minimum atomic E-state index is -0.482. The van der Waals surface area contributed by atoms with E-state index in [-0.39, 0.29) is 12.1 Å². The summed E-state index contributed by atoms with van der Waals surface area (Å²) in [5.41, 5.74) is 1.82. The Hall–Kier alpha value is -1.10. The number of ether oxygens (including phenoxy) is 1. The molecule has 104 valence electrons. The number of pyridine rings is 1. The molecule has 2 atom stereocenters. The van der Waals surface area contributed by atoms with E-state index < -0.39 is 5.60 Å². The molecule has 1 aliphatic carbocycles. The molecule has 0 saturated carbocycles. The third-order valence-electron chi connectivity index (χ3n) is 3.14. The molecule has 4 nitrogen and oxygen atoms in total. The first-order chi connectivity index (χ1) is 8.78. The Bertz CT molecular complexity index is 497. The van der Waals surface area contributed by atoms with Crippen molar-refractivity contribution in [3.63, 3.8) is 0 Å². The zero-order valence-electron chi connectivity index (χ0n) is 11.7. The molecule has 5 heteroatoms. The second-order valence-corrected chi connectivity index (χ2v) is 6.85. The van der Waals surface area contributed by atoms with Crippen LogP contribution in [0, 0.1) is 5.92 Å². The topological polar surface area (TPSA) is 51.2 Å². The van der Waals surface area contributed by atoms with E-state index in [0.29, 0.717) is 5.92 Å². The van der Waals surface area contributed by atoms with Gasteiger partial charge in [-0.2, -0.15) is 0 Å². The zero-order chi connectivity index (χ0) is 14.2. The highest BCUT2D eigenvalue weighted by Gasteiger charge is 2.33. The van der Waals surface area contributed by atoms with Gasteiger partial charge in [-0.15, -0.1) is 0 Å². The van der Waals surface area contributed by atoms with Crippen LogP contribution in [0.5, 0.6) is 0 Å². The van der Waals surface area contributed by atoms with Crippen LogP contribution in [0.1, 0.15) is 44.9 Å². The Labute approximate surface area is 122 Å². The fourth-order valence-corrected chi connectivity index (χ4v) is 2.87. The summed E-state index contributed by atoms with van der Waals surface area (Å²) in [4.78, 5) is 16.1. The van der Waals surface area contributed by atoms with Gasteiger partial charge in [0.15, 0.2) is 0 Å². The van der Waals surface area contributed by atoms with E-state index in [1.807, 2.05) is 27.0 Å². The smallest absolute Gasteiger partial charge is 0.408 e. The van der Waals surface area contributed by atoms with Gasteiger partial charge in [0, 0.05) is 16.9 Å². The van der Waals surface area contributed by atoms with Gasteiger partial charge in [-0.05, 0) is 60.2 Å². The molecule has 1 heterocycles. The predicted molar refractivity (Wildman–Crippen MR) is 76.9 cm³/mol. The number of hydrogen-bond acceptors (Lipinski definition) is 3. The van der Waals surface area contributed by atoms with Crippen LogP contribution in [0.15, 0.2) is 16.9 Å². The molecule has 1 aliphatic rings. The van der Waals surface area contributed by atoms with Crippen LogP contribution in [0.3, 0.4) is 0 Å². The van der Waals surface area contributed by atoms with E-state index in [0.717, 1.165) is 16.5 Å². The van der Waals surface area contributed by atoms with E-state index >= 15 is 0 Å². The van der Waals surface area contributed by atoms with Crippen LogP contribution in [-0.4, -0.2) is 16.7 Å². The van der Waals surface area contributed by atoms with Crippen LogP contribution >= 0.6 is 15.9 Å². The van der Waals surface area contributed by atoms with E-state index in [1.165, 1.54) is 5.56 Å². The van der Waals surface area contributed by atoms with E-state index in [4.69, 9.17) is 4.74 Å². The van der Waals surface area contributed by atoms with Gasteiger partial charge in [-0.3, -0.25) is 4.98 Å². The van der Waals surface area contributed by atoms with Gasteiger partial charge in [0.05, 0.1) is 6.04 Å². The fraction of sp³-hybridized carbons (Fsp3) is 0.571. The number of nitrogens with one attached hydrogen (secondary N) is 1. The summed E-state index contributed by atoms with van der Waals surface area (Å²) < 4.78 is 6.32. The molecule has 0 radical (unpaired) electrons. The van der Waals surface area contributed by atoms with Gasteiger partial charge in [-0.25, -0.2) is 4.79 Å². The van der Waals surface area contributed by atoms with Crippen molar-refractivity contribution in [2.45, 2.75) is 45.8 Å². The third-order valence-corrected chi connectivity index (χ3v) is 3.82. The number of carbonyl (C=O) groups excluding carboxylic acids is 1. The van der Waals surface area contributed by atoms with E-state index in [2.05, 4.69) is 33.2 Å². The molecule has 2 rings (SSSR count). The number of carbonyl (C=O) groups is 1. The molecule has 1 aromatic rings. The lowest BCUT2D eigenvalue weighted by Gasteiger charge is -2.23. The molecule has 1 aromatic heterocycles. The number of fused-ring (bicyclic) bond motifs is 1. The predicted octanol–water partition coefficient (Wildman–Crippen LogP) is 3.60. The van der Waals surface area contributed by atoms with Gasteiger partial charge >= 0.3 is 6.09 Å².